The van der Waals surface area contributed by atoms with Crippen molar-refractivity contribution in [2.24, 2.45) is 0 Å². The number of halogens is 1. The lowest BCUT2D eigenvalue weighted by Crippen LogP contribution is -2.41. The number of anilines is 1. The number of aryl methyl sites for hydroxylation is 1. The Balaban J connectivity index is 2.40. The molecule has 1 fully saturated rings. The molecule has 7 heteroatoms. The Kier molecular flexibility index (Phi) is 4.82. The number of benzene rings is 1. The molecule has 118 valence electrons. The van der Waals surface area contributed by atoms with Crippen molar-refractivity contribution in [1.29, 1.82) is 0 Å². The molecule has 1 saturated heterocycles. The summed E-state index contributed by atoms with van der Waals surface area (Å²) >= 11 is 5.95. The van der Waals surface area contributed by atoms with Gasteiger partial charge in [-0.15, -0.1) is 0 Å². The molecule has 21 heavy (non-hydrogen) atoms. The van der Waals surface area contributed by atoms with Gasteiger partial charge in [-0.2, -0.15) is 4.31 Å². The predicted molar refractivity (Wildman–Crippen MR) is 86.1 cm³/mol. The minimum absolute atomic E-state index is 0.0151. The molecule has 5 nitrogen and oxygen atoms in total. The third-order valence-electron chi connectivity index (χ3n) is 3.78. The van der Waals surface area contributed by atoms with Gasteiger partial charge >= 0.3 is 0 Å². The largest absolute Gasteiger partial charge is 0.397 e. The molecule has 2 rings (SSSR count). The topological polar surface area (TPSA) is 66.6 Å². The summed E-state index contributed by atoms with van der Waals surface area (Å²) in [7, 11) is 0.371. The third kappa shape index (κ3) is 3.34. The van der Waals surface area contributed by atoms with Crippen LogP contribution in [0.1, 0.15) is 18.4 Å². The van der Waals surface area contributed by atoms with E-state index in [0.717, 1.165) is 19.4 Å². The van der Waals surface area contributed by atoms with Crippen molar-refractivity contribution < 1.29 is 8.42 Å². The van der Waals surface area contributed by atoms with E-state index in [1.54, 1.807) is 17.3 Å². The molecular weight excluding hydrogens is 310 g/mol. The summed E-state index contributed by atoms with van der Waals surface area (Å²) in [5.74, 6) is 0. The van der Waals surface area contributed by atoms with Crippen LogP contribution >= 0.6 is 11.6 Å². The molecule has 1 aromatic rings. The quantitative estimate of drug-likeness (QED) is 0.856. The maximum absolute atomic E-state index is 12.9. The van der Waals surface area contributed by atoms with E-state index in [4.69, 9.17) is 17.3 Å². The second-order valence-corrected chi connectivity index (χ2v) is 8.08. The number of rotatable bonds is 4. The first-order chi connectivity index (χ1) is 9.73. The molecule has 1 aromatic carbocycles. The zero-order chi connectivity index (χ0) is 15.8. The highest BCUT2D eigenvalue weighted by atomic mass is 35.5. The van der Waals surface area contributed by atoms with E-state index >= 15 is 0 Å². The average molecular weight is 332 g/mol. The van der Waals surface area contributed by atoms with E-state index in [9.17, 15) is 8.42 Å². The van der Waals surface area contributed by atoms with E-state index < -0.39 is 10.0 Å². The van der Waals surface area contributed by atoms with Gasteiger partial charge < -0.3 is 10.6 Å². The highest BCUT2D eigenvalue weighted by molar-refractivity contribution is 7.89. The lowest BCUT2D eigenvalue weighted by Gasteiger charge is -2.27. The van der Waals surface area contributed by atoms with Crippen LogP contribution in [0.15, 0.2) is 17.0 Å². The maximum Gasteiger partial charge on any atom is 0.243 e. The van der Waals surface area contributed by atoms with Crippen LogP contribution in [0.25, 0.3) is 0 Å². The molecule has 0 aromatic heterocycles. The van der Waals surface area contributed by atoms with Crippen molar-refractivity contribution in [3.63, 3.8) is 0 Å². The van der Waals surface area contributed by atoms with Gasteiger partial charge in [0.15, 0.2) is 0 Å². The number of sulfonamides is 1. The van der Waals surface area contributed by atoms with Gasteiger partial charge in [-0.3, -0.25) is 0 Å². The molecule has 0 radical (unpaired) electrons. The van der Waals surface area contributed by atoms with Crippen molar-refractivity contribution in [1.82, 2.24) is 9.21 Å². The second kappa shape index (κ2) is 6.12. The molecule has 0 spiro atoms. The highest BCUT2D eigenvalue weighted by Crippen LogP contribution is 2.31. The summed E-state index contributed by atoms with van der Waals surface area (Å²) in [6.07, 6.45) is 1.78. The van der Waals surface area contributed by atoms with Crippen LogP contribution in [0.5, 0.6) is 0 Å². The maximum atomic E-state index is 12.9. The first-order valence-electron chi connectivity index (χ1n) is 6.95. The van der Waals surface area contributed by atoms with E-state index in [-0.39, 0.29) is 10.9 Å². The summed E-state index contributed by atoms with van der Waals surface area (Å²) < 4.78 is 27.4. The first-order valence-corrected chi connectivity index (χ1v) is 8.77. The van der Waals surface area contributed by atoms with Gasteiger partial charge in [-0.05, 0) is 51.6 Å². The number of nitrogen functional groups attached to an aromatic ring is 1. The molecule has 0 bridgehead atoms. The van der Waals surface area contributed by atoms with Gasteiger partial charge in [0.1, 0.15) is 0 Å². The summed E-state index contributed by atoms with van der Waals surface area (Å²) in [5, 5.41) is 0.387. The summed E-state index contributed by atoms with van der Waals surface area (Å²) in [4.78, 5) is 2.27. The van der Waals surface area contributed by atoms with Crippen LogP contribution in [-0.4, -0.2) is 50.8 Å². The molecule has 0 aliphatic carbocycles. The normalized spacial score (nSPS) is 20.3. The lowest BCUT2D eigenvalue weighted by molar-refractivity contribution is 0.291. The Bertz CT molecular complexity index is 631. The Morgan fingerprint density at radius 1 is 1.43 bits per heavy atom. The van der Waals surface area contributed by atoms with Crippen molar-refractivity contribution in [3.05, 3.63) is 22.7 Å². The minimum atomic E-state index is -3.54. The number of likely N-dealkylation sites (N-methyl/N-ethyl adjacent to an activating group) is 1. The Labute approximate surface area is 131 Å². The third-order valence-corrected chi connectivity index (χ3v) is 6.20. The van der Waals surface area contributed by atoms with Crippen LogP contribution in [0, 0.1) is 6.92 Å². The predicted octanol–water partition coefficient (Wildman–Crippen LogP) is 1.95. The lowest BCUT2D eigenvalue weighted by atomic mass is 10.2. The van der Waals surface area contributed by atoms with Gasteiger partial charge in [-0.1, -0.05) is 11.6 Å². The zero-order valence-corrected chi connectivity index (χ0v) is 14.2. The van der Waals surface area contributed by atoms with Crippen molar-refractivity contribution >= 4 is 27.3 Å². The van der Waals surface area contributed by atoms with E-state index in [0.29, 0.717) is 22.8 Å². The monoisotopic (exact) mass is 331 g/mol. The Hall–Kier alpha value is -0.820. The molecule has 0 saturated carbocycles. The van der Waals surface area contributed by atoms with Crippen LogP contribution in [0.4, 0.5) is 5.69 Å². The molecule has 1 atom stereocenters. The molecule has 1 unspecified atom stereocenters. The fourth-order valence-electron chi connectivity index (χ4n) is 2.80. The Morgan fingerprint density at radius 2 is 2.10 bits per heavy atom. The summed E-state index contributed by atoms with van der Waals surface area (Å²) in [6, 6.07) is 3.10. The van der Waals surface area contributed by atoms with Gasteiger partial charge in [0, 0.05) is 19.1 Å². The van der Waals surface area contributed by atoms with Crippen molar-refractivity contribution in [2.75, 3.05) is 32.9 Å². The molecular formula is C14H22ClN3O2S. The van der Waals surface area contributed by atoms with E-state index in [1.165, 1.54) is 6.07 Å². The van der Waals surface area contributed by atoms with Crippen molar-refractivity contribution in [3.8, 4) is 0 Å². The first kappa shape index (κ1) is 16.5. The fraction of sp³-hybridized carbons (Fsp3) is 0.571. The Morgan fingerprint density at radius 3 is 2.71 bits per heavy atom. The molecule has 2 N–H and O–H groups in total. The van der Waals surface area contributed by atoms with Crippen LogP contribution in [0.3, 0.4) is 0 Å². The fourth-order valence-corrected chi connectivity index (χ4v) is 4.95. The standard InChI is InChI=1S/C14H22ClN3O2S/c1-10-7-12(15)13(16)8-14(10)21(19,20)18-6-4-5-11(18)9-17(2)3/h7-8,11H,4-6,9,16H2,1-3H3. The number of nitrogens with zero attached hydrogens (tertiary/aromatic N) is 2. The summed E-state index contributed by atoms with van der Waals surface area (Å²) in [5.41, 5.74) is 6.70. The van der Waals surface area contributed by atoms with E-state index in [2.05, 4.69) is 0 Å². The van der Waals surface area contributed by atoms with Gasteiger partial charge in [0.2, 0.25) is 10.0 Å². The van der Waals surface area contributed by atoms with Crippen LogP contribution in [-0.2, 0) is 10.0 Å². The number of nitrogens with two attached hydrogens (primary N) is 1. The smallest absolute Gasteiger partial charge is 0.243 e. The van der Waals surface area contributed by atoms with Gasteiger partial charge in [-0.25, -0.2) is 8.42 Å². The molecule has 1 aliphatic rings. The summed E-state index contributed by atoms with van der Waals surface area (Å²) in [6.45, 7) is 3.03. The van der Waals surface area contributed by atoms with Gasteiger partial charge in [0.05, 0.1) is 15.6 Å². The SMILES string of the molecule is Cc1cc(Cl)c(N)cc1S(=O)(=O)N1CCCC1CN(C)C. The zero-order valence-electron chi connectivity index (χ0n) is 12.6. The van der Waals surface area contributed by atoms with Crippen LogP contribution < -0.4 is 5.73 Å². The average Bonchev–Trinajstić information content (AvgIpc) is 2.81. The van der Waals surface area contributed by atoms with Crippen LogP contribution in [0.2, 0.25) is 5.02 Å². The number of hydrogen-bond acceptors (Lipinski definition) is 4. The molecule has 0 amide bonds. The van der Waals surface area contributed by atoms with Crippen molar-refractivity contribution in [2.45, 2.75) is 30.7 Å². The minimum Gasteiger partial charge on any atom is -0.397 e. The molecule has 1 aliphatic heterocycles. The molecule has 1 heterocycles. The van der Waals surface area contributed by atoms with E-state index in [1.807, 2.05) is 19.0 Å². The number of hydrogen-bond donors (Lipinski definition) is 1. The highest BCUT2D eigenvalue weighted by Gasteiger charge is 2.36. The van der Waals surface area contributed by atoms with Gasteiger partial charge in [0.25, 0.3) is 0 Å². The second-order valence-electron chi connectivity index (χ2n) is 5.81.